The van der Waals surface area contributed by atoms with Crippen LogP contribution in [0.25, 0.3) is 11.3 Å². The van der Waals surface area contributed by atoms with Crippen molar-refractivity contribution in [3.05, 3.63) is 35.9 Å². The number of methoxy groups -OCH3 is 1. The highest BCUT2D eigenvalue weighted by Gasteiger charge is 2.13. The van der Waals surface area contributed by atoms with Crippen molar-refractivity contribution in [3.8, 4) is 17.0 Å². The molecule has 17 heavy (non-hydrogen) atoms. The van der Waals surface area contributed by atoms with E-state index in [1.807, 2.05) is 0 Å². The Morgan fingerprint density at radius 2 is 2.06 bits per heavy atom. The number of nitrogens with two attached hydrogens (primary N) is 1. The van der Waals surface area contributed by atoms with E-state index in [-0.39, 0.29) is 11.6 Å². The molecule has 0 saturated heterocycles. The van der Waals surface area contributed by atoms with Gasteiger partial charge < -0.3 is 10.5 Å². The second-order valence-corrected chi connectivity index (χ2v) is 3.60. The number of benzene rings is 1. The van der Waals surface area contributed by atoms with E-state index in [9.17, 15) is 4.39 Å². The Kier molecular flexibility index (Phi) is 2.91. The van der Waals surface area contributed by atoms with Crippen molar-refractivity contribution in [3.63, 3.8) is 0 Å². The van der Waals surface area contributed by atoms with Crippen molar-refractivity contribution in [2.24, 2.45) is 0 Å². The van der Waals surface area contributed by atoms with Gasteiger partial charge in [-0.15, -0.1) is 0 Å². The molecule has 2 N–H and O–H groups in total. The van der Waals surface area contributed by atoms with Gasteiger partial charge in [-0.3, -0.25) is 0 Å². The summed E-state index contributed by atoms with van der Waals surface area (Å²) in [5.74, 6) is 0.385. The molecular formula is C12H12FN3O. The van der Waals surface area contributed by atoms with Crippen molar-refractivity contribution >= 4 is 5.82 Å². The van der Waals surface area contributed by atoms with E-state index in [1.165, 1.54) is 25.6 Å². The molecule has 2 aromatic rings. The number of nitrogens with zero attached hydrogens (tertiary/aromatic N) is 2. The van der Waals surface area contributed by atoms with Crippen LogP contribution < -0.4 is 10.5 Å². The normalized spacial score (nSPS) is 10.3. The molecule has 5 heteroatoms. The predicted molar refractivity (Wildman–Crippen MR) is 63.1 cm³/mol. The van der Waals surface area contributed by atoms with E-state index in [2.05, 4.69) is 9.97 Å². The highest BCUT2D eigenvalue weighted by Crippen LogP contribution is 2.33. The number of aryl methyl sites for hydroxylation is 1. The summed E-state index contributed by atoms with van der Waals surface area (Å²) in [6.07, 6.45) is 1.36. The molecule has 88 valence electrons. The Bertz CT molecular complexity index is 557. The minimum atomic E-state index is -0.285. The summed E-state index contributed by atoms with van der Waals surface area (Å²) >= 11 is 0. The minimum absolute atomic E-state index is 0.265. The number of nitrogen functional groups attached to an aromatic ring is 1. The minimum Gasteiger partial charge on any atom is -0.491 e. The molecule has 0 spiro atoms. The molecule has 0 aliphatic carbocycles. The lowest BCUT2D eigenvalue weighted by Crippen LogP contribution is -2.00. The van der Waals surface area contributed by atoms with Gasteiger partial charge in [0.15, 0.2) is 11.6 Å². The SMILES string of the molecule is COc1c(N)ncnc1-c1ccc(F)cc1C. The van der Waals surface area contributed by atoms with Gasteiger partial charge in [-0.1, -0.05) is 0 Å². The zero-order valence-corrected chi connectivity index (χ0v) is 9.57. The van der Waals surface area contributed by atoms with Crippen LogP contribution in [0.4, 0.5) is 10.2 Å². The lowest BCUT2D eigenvalue weighted by atomic mass is 10.0. The van der Waals surface area contributed by atoms with Crippen molar-refractivity contribution in [2.45, 2.75) is 6.92 Å². The molecule has 0 saturated carbocycles. The molecule has 4 nitrogen and oxygen atoms in total. The monoisotopic (exact) mass is 233 g/mol. The quantitative estimate of drug-likeness (QED) is 0.863. The number of rotatable bonds is 2. The third-order valence-electron chi connectivity index (χ3n) is 2.48. The van der Waals surface area contributed by atoms with Gasteiger partial charge in [-0.2, -0.15) is 0 Å². The second kappa shape index (κ2) is 4.37. The van der Waals surface area contributed by atoms with E-state index in [0.717, 1.165) is 11.1 Å². The highest BCUT2D eigenvalue weighted by molar-refractivity contribution is 5.73. The van der Waals surface area contributed by atoms with E-state index >= 15 is 0 Å². The van der Waals surface area contributed by atoms with Crippen LogP contribution in [0.5, 0.6) is 5.75 Å². The zero-order chi connectivity index (χ0) is 12.4. The molecule has 2 rings (SSSR count). The van der Waals surface area contributed by atoms with E-state index in [4.69, 9.17) is 10.5 Å². The van der Waals surface area contributed by atoms with Crippen LogP contribution in [-0.4, -0.2) is 17.1 Å². The largest absolute Gasteiger partial charge is 0.491 e. The Morgan fingerprint density at radius 3 is 2.71 bits per heavy atom. The van der Waals surface area contributed by atoms with Crippen molar-refractivity contribution < 1.29 is 9.13 Å². The fraction of sp³-hybridized carbons (Fsp3) is 0.167. The summed E-state index contributed by atoms with van der Waals surface area (Å²) < 4.78 is 18.2. The number of halogens is 1. The first kappa shape index (κ1) is 11.3. The van der Waals surface area contributed by atoms with Crippen LogP contribution in [0, 0.1) is 12.7 Å². The summed E-state index contributed by atoms with van der Waals surface area (Å²) in [6, 6.07) is 4.46. The van der Waals surface area contributed by atoms with Crippen LogP contribution in [0.3, 0.4) is 0 Å². The Morgan fingerprint density at radius 1 is 1.29 bits per heavy atom. The molecule has 0 atom stereocenters. The zero-order valence-electron chi connectivity index (χ0n) is 9.57. The summed E-state index contributed by atoms with van der Waals surface area (Å²) in [4.78, 5) is 7.98. The van der Waals surface area contributed by atoms with Crippen LogP contribution in [0.1, 0.15) is 5.56 Å². The standard InChI is InChI=1S/C12H12FN3O/c1-7-5-8(13)3-4-9(7)10-11(17-2)12(14)16-6-15-10/h3-6H,1-2H3,(H2,14,15,16). The predicted octanol–water partition coefficient (Wildman–Crippen LogP) is 2.18. The first-order valence-electron chi connectivity index (χ1n) is 5.04. The first-order valence-corrected chi connectivity index (χ1v) is 5.04. The van der Waals surface area contributed by atoms with E-state index in [0.29, 0.717) is 11.4 Å². The smallest absolute Gasteiger partial charge is 0.187 e. The van der Waals surface area contributed by atoms with E-state index < -0.39 is 0 Å². The van der Waals surface area contributed by atoms with Crippen molar-refractivity contribution in [1.29, 1.82) is 0 Å². The number of ether oxygens (including phenoxy) is 1. The third kappa shape index (κ3) is 2.04. The second-order valence-electron chi connectivity index (χ2n) is 3.60. The lowest BCUT2D eigenvalue weighted by molar-refractivity contribution is 0.415. The fourth-order valence-corrected chi connectivity index (χ4v) is 1.67. The molecule has 0 aliphatic rings. The van der Waals surface area contributed by atoms with Gasteiger partial charge in [0.05, 0.1) is 7.11 Å². The summed E-state index contributed by atoms with van der Waals surface area (Å²) in [5.41, 5.74) is 7.81. The Balaban J connectivity index is 2.64. The maximum absolute atomic E-state index is 13.0. The molecule has 1 aromatic heterocycles. The van der Waals surface area contributed by atoms with Crippen molar-refractivity contribution in [1.82, 2.24) is 9.97 Å². The molecule has 0 radical (unpaired) electrons. The van der Waals surface area contributed by atoms with Gasteiger partial charge in [0.25, 0.3) is 0 Å². The molecule has 0 fully saturated rings. The number of hydrogen-bond acceptors (Lipinski definition) is 4. The topological polar surface area (TPSA) is 61.0 Å². The van der Waals surface area contributed by atoms with Crippen LogP contribution >= 0.6 is 0 Å². The van der Waals surface area contributed by atoms with Gasteiger partial charge >= 0.3 is 0 Å². The Labute approximate surface area is 98.3 Å². The molecule has 1 aromatic carbocycles. The summed E-state index contributed by atoms with van der Waals surface area (Å²) in [5, 5.41) is 0. The van der Waals surface area contributed by atoms with Gasteiger partial charge in [0.2, 0.25) is 0 Å². The van der Waals surface area contributed by atoms with Gasteiger partial charge in [0.1, 0.15) is 17.8 Å². The lowest BCUT2D eigenvalue weighted by Gasteiger charge is -2.10. The van der Waals surface area contributed by atoms with Gasteiger partial charge in [-0.25, -0.2) is 14.4 Å². The number of anilines is 1. The maximum Gasteiger partial charge on any atom is 0.187 e. The first-order chi connectivity index (χ1) is 8.13. The van der Waals surface area contributed by atoms with Crippen LogP contribution in [-0.2, 0) is 0 Å². The Hall–Kier alpha value is -2.17. The molecule has 0 amide bonds. The number of hydrogen-bond donors (Lipinski definition) is 1. The summed E-state index contributed by atoms with van der Waals surface area (Å²) in [7, 11) is 1.50. The molecule has 1 heterocycles. The fourth-order valence-electron chi connectivity index (χ4n) is 1.67. The average Bonchev–Trinajstić information content (AvgIpc) is 2.29. The van der Waals surface area contributed by atoms with Crippen molar-refractivity contribution in [2.75, 3.05) is 12.8 Å². The molecule has 0 aliphatic heterocycles. The molecular weight excluding hydrogens is 221 g/mol. The maximum atomic E-state index is 13.0. The molecule has 0 unspecified atom stereocenters. The van der Waals surface area contributed by atoms with E-state index in [1.54, 1.807) is 13.0 Å². The molecule has 0 bridgehead atoms. The average molecular weight is 233 g/mol. The number of aromatic nitrogens is 2. The summed E-state index contributed by atoms with van der Waals surface area (Å²) in [6.45, 7) is 1.80. The van der Waals surface area contributed by atoms with Gasteiger partial charge in [-0.05, 0) is 30.7 Å². The highest BCUT2D eigenvalue weighted by atomic mass is 19.1. The van der Waals surface area contributed by atoms with Crippen LogP contribution in [0.15, 0.2) is 24.5 Å². The van der Waals surface area contributed by atoms with Crippen LogP contribution in [0.2, 0.25) is 0 Å². The third-order valence-corrected chi connectivity index (χ3v) is 2.48. The van der Waals surface area contributed by atoms with Gasteiger partial charge in [0, 0.05) is 5.56 Å².